The van der Waals surface area contributed by atoms with Gasteiger partial charge in [-0.2, -0.15) is 0 Å². The van der Waals surface area contributed by atoms with Crippen molar-refractivity contribution in [3.05, 3.63) is 29.3 Å². The maximum absolute atomic E-state index is 12.0. The number of carbonyl (C=O) groups excluding carboxylic acids is 1. The summed E-state index contributed by atoms with van der Waals surface area (Å²) in [5.74, 6) is -1.17. The van der Waals surface area contributed by atoms with Crippen LogP contribution in [0.3, 0.4) is 0 Å². The largest absolute Gasteiger partial charge is 0.481 e. The third kappa shape index (κ3) is 4.71. The standard InChI is InChI=1S/C14H19NO4/c1-10-6-11(2)8-12(7-10)15(5-4-14(17)18)13(16)9-19-3/h6-8H,4-5,9H2,1-3H3,(H,17,18). The second-order valence-electron chi connectivity index (χ2n) is 4.47. The Bertz CT molecular complexity index is 450. The van der Waals surface area contributed by atoms with Crippen molar-refractivity contribution in [3.63, 3.8) is 0 Å². The Balaban J connectivity index is 2.99. The first-order valence-electron chi connectivity index (χ1n) is 6.03. The van der Waals surface area contributed by atoms with Crippen molar-refractivity contribution >= 4 is 17.6 Å². The van der Waals surface area contributed by atoms with Crippen LogP contribution in [0.5, 0.6) is 0 Å². The molecule has 1 aromatic carbocycles. The van der Waals surface area contributed by atoms with E-state index in [0.29, 0.717) is 5.69 Å². The summed E-state index contributed by atoms with van der Waals surface area (Å²) in [6.07, 6.45) is -0.0948. The van der Waals surface area contributed by atoms with E-state index >= 15 is 0 Å². The molecule has 0 aliphatic rings. The molecule has 0 spiro atoms. The van der Waals surface area contributed by atoms with Gasteiger partial charge in [0.25, 0.3) is 5.91 Å². The van der Waals surface area contributed by atoms with Crippen LogP contribution in [0.25, 0.3) is 0 Å². The highest BCUT2D eigenvalue weighted by atomic mass is 16.5. The van der Waals surface area contributed by atoms with Crippen LogP contribution in [0.4, 0.5) is 5.69 Å². The predicted octanol–water partition coefficient (Wildman–Crippen LogP) is 1.76. The second kappa shape index (κ2) is 6.89. The number of amides is 1. The minimum atomic E-state index is -0.931. The normalized spacial score (nSPS) is 10.3. The molecule has 5 heteroatoms. The zero-order valence-corrected chi connectivity index (χ0v) is 11.5. The quantitative estimate of drug-likeness (QED) is 0.851. The van der Waals surface area contributed by atoms with E-state index in [0.717, 1.165) is 11.1 Å². The Morgan fingerprint density at radius 3 is 2.26 bits per heavy atom. The molecule has 0 unspecified atom stereocenters. The number of nitrogens with zero attached hydrogens (tertiary/aromatic N) is 1. The summed E-state index contributed by atoms with van der Waals surface area (Å²) in [6, 6.07) is 5.73. The summed E-state index contributed by atoms with van der Waals surface area (Å²) in [7, 11) is 1.44. The number of carbonyl (C=O) groups is 2. The maximum atomic E-state index is 12.0. The molecule has 1 aromatic rings. The minimum Gasteiger partial charge on any atom is -0.481 e. The first-order valence-corrected chi connectivity index (χ1v) is 6.03. The second-order valence-corrected chi connectivity index (χ2v) is 4.47. The van der Waals surface area contributed by atoms with Crippen LogP contribution in [0.15, 0.2) is 18.2 Å². The molecular formula is C14H19NO4. The molecule has 0 fully saturated rings. The van der Waals surface area contributed by atoms with Gasteiger partial charge in [0.05, 0.1) is 6.42 Å². The van der Waals surface area contributed by atoms with Crippen molar-refractivity contribution in [1.82, 2.24) is 0 Å². The van der Waals surface area contributed by atoms with E-state index in [9.17, 15) is 9.59 Å². The molecule has 0 radical (unpaired) electrons. The van der Waals surface area contributed by atoms with Gasteiger partial charge in [-0.25, -0.2) is 0 Å². The predicted molar refractivity (Wildman–Crippen MR) is 72.4 cm³/mol. The molecule has 19 heavy (non-hydrogen) atoms. The van der Waals surface area contributed by atoms with Crippen LogP contribution in [-0.2, 0) is 14.3 Å². The molecule has 1 amide bonds. The SMILES string of the molecule is COCC(=O)N(CCC(=O)O)c1cc(C)cc(C)c1. The Kier molecular flexibility index (Phi) is 5.51. The van der Waals surface area contributed by atoms with Gasteiger partial charge in [0.15, 0.2) is 0 Å². The number of benzene rings is 1. The molecular weight excluding hydrogens is 246 g/mol. The van der Waals surface area contributed by atoms with Crippen molar-refractivity contribution in [1.29, 1.82) is 0 Å². The third-order valence-corrected chi connectivity index (χ3v) is 2.64. The van der Waals surface area contributed by atoms with Gasteiger partial charge in [0.1, 0.15) is 6.61 Å². The molecule has 1 N–H and O–H groups in total. The Morgan fingerprint density at radius 2 is 1.79 bits per heavy atom. The van der Waals surface area contributed by atoms with Crippen molar-refractivity contribution in [2.45, 2.75) is 20.3 Å². The van der Waals surface area contributed by atoms with Gasteiger partial charge in [-0.1, -0.05) is 6.07 Å². The lowest BCUT2D eigenvalue weighted by Crippen LogP contribution is -2.35. The highest BCUT2D eigenvalue weighted by Crippen LogP contribution is 2.19. The summed E-state index contributed by atoms with van der Waals surface area (Å²) >= 11 is 0. The number of ether oxygens (including phenoxy) is 1. The number of hydrogen-bond donors (Lipinski definition) is 1. The topological polar surface area (TPSA) is 66.8 Å². The molecule has 5 nitrogen and oxygen atoms in total. The van der Waals surface area contributed by atoms with E-state index in [1.807, 2.05) is 32.0 Å². The molecule has 0 aromatic heterocycles. The number of aryl methyl sites for hydroxylation is 2. The zero-order chi connectivity index (χ0) is 14.4. The lowest BCUT2D eigenvalue weighted by atomic mass is 10.1. The lowest BCUT2D eigenvalue weighted by molar-refractivity contribution is -0.136. The molecule has 1 rings (SSSR count). The lowest BCUT2D eigenvalue weighted by Gasteiger charge is -2.22. The number of rotatable bonds is 6. The van der Waals surface area contributed by atoms with Crippen molar-refractivity contribution < 1.29 is 19.4 Å². The number of methoxy groups -OCH3 is 1. The van der Waals surface area contributed by atoms with Crippen LogP contribution in [-0.4, -0.2) is 37.2 Å². The van der Waals surface area contributed by atoms with E-state index in [1.165, 1.54) is 12.0 Å². The van der Waals surface area contributed by atoms with Gasteiger partial charge in [0.2, 0.25) is 0 Å². The van der Waals surface area contributed by atoms with Gasteiger partial charge in [0, 0.05) is 19.3 Å². The van der Waals surface area contributed by atoms with Gasteiger partial charge in [-0.15, -0.1) is 0 Å². The van der Waals surface area contributed by atoms with E-state index in [1.54, 1.807) is 0 Å². The molecule has 0 heterocycles. The number of hydrogen-bond acceptors (Lipinski definition) is 3. The number of carboxylic acids is 1. The van der Waals surface area contributed by atoms with E-state index in [2.05, 4.69) is 0 Å². The van der Waals surface area contributed by atoms with Gasteiger partial charge in [-0.05, 0) is 37.1 Å². The average molecular weight is 265 g/mol. The number of carboxylic acid groups (broad SMARTS) is 1. The monoisotopic (exact) mass is 265 g/mol. The summed E-state index contributed by atoms with van der Waals surface area (Å²) in [5, 5.41) is 8.76. The van der Waals surface area contributed by atoms with E-state index in [4.69, 9.17) is 9.84 Å². The van der Waals surface area contributed by atoms with Crippen LogP contribution in [0.1, 0.15) is 17.5 Å². The van der Waals surface area contributed by atoms with Crippen LogP contribution < -0.4 is 4.90 Å². The van der Waals surface area contributed by atoms with E-state index in [-0.39, 0.29) is 25.5 Å². The van der Waals surface area contributed by atoms with Crippen LogP contribution in [0.2, 0.25) is 0 Å². The van der Waals surface area contributed by atoms with Gasteiger partial charge >= 0.3 is 5.97 Å². The number of anilines is 1. The molecule has 0 aliphatic carbocycles. The first kappa shape index (κ1) is 15.2. The molecule has 0 saturated heterocycles. The van der Waals surface area contributed by atoms with Crippen LogP contribution in [0, 0.1) is 13.8 Å². The summed E-state index contributed by atoms with van der Waals surface area (Å²) in [4.78, 5) is 24.1. The molecule has 104 valence electrons. The third-order valence-electron chi connectivity index (χ3n) is 2.64. The summed E-state index contributed by atoms with van der Waals surface area (Å²) in [6.45, 7) is 3.95. The van der Waals surface area contributed by atoms with Crippen LogP contribution >= 0.6 is 0 Å². The average Bonchev–Trinajstić information content (AvgIpc) is 2.27. The van der Waals surface area contributed by atoms with Crippen molar-refractivity contribution in [3.8, 4) is 0 Å². The fourth-order valence-corrected chi connectivity index (χ4v) is 1.91. The Hall–Kier alpha value is -1.88. The highest BCUT2D eigenvalue weighted by molar-refractivity contribution is 5.94. The fourth-order valence-electron chi connectivity index (χ4n) is 1.91. The first-order chi connectivity index (χ1) is 8.93. The van der Waals surface area contributed by atoms with Crippen molar-refractivity contribution in [2.75, 3.05) is 25.2 Å². The summed E-state index contributed by atoms with van der Waals surface area (Å²) < 4.78 is 4.83. The number of aliphatic carboxylic acids is 1. The smallest absolute Gasteiger partial charge is 0.305 e. The fraction of sp³-hybridized carbons (Fsp3) is 0.429. The van der Waals surface area contributed by atoms with Crippen molar-refractivity contribution in [2.24, 2.45) is 0 Å². The van der Waals surface area contributed by atoms with E-state index < -0.39 is 5.97 Å². The Labute approximate surface area is 112 Å². The minimum absolute atomic E-state index is 0.0629. The van der Waals surface area contributed by atoms with Gasteiger partial charge in [-0.3, -0.25) is 9.59 Å². The molecule has 0 bridgehead atoms. The maximum Gasteiger partial charge on any atom is 0.305 e. The highest BCUT2D eigenvalue weighted by Gasteiger charge is 2.17. The molecule has 0 aliphatic heterocycles. The Morgan fingerprint density at radius 1 is 1.21 bits per heavy atom. The molecule has 0 atom stereocenters. The summed E-state index contributed by atoms with van der Waals surface area (Å²) in [5.41, 5.74) is 2.77. The molecule has 0 saturated carbocycles. The zero-order valence-electron chi connectivity index (χ0n) is 11.5. The van der Waals surface area contributed by atoms with Gasteiger partial charge < -0.3 is 14.7 Å².